The van der Waals surface area contributed by atoms with Gasteiger partial charge in [-0.15, -0.1) is 0 Å². The average Bonchev–Trinajstić information content (AvgIpc) is 3.58. The fourth-order valence-electron chi connectivity index (χ4n) is 11.2. The lowest BCUT2D eigenvalue weighted by atomic mass is 9.90. The van der Waals surface area contributed by atoms with E-state index in [4.69, 9.17) is 0 Å². The standard InChI is InChI=1S/C68H48N2Si/c1-5-21-49(22-6-1)55-31-17-35-59(45-55)69-65-43-41-53-29-13-15-39-63(53)67(65)68-64-40-16-14-30-54(64)42-44-66(68)70(60-36-18-32-56(46-60)50-23-7-2-8-24-50)71(69,61-37-19-33-57(47-61)51-25-9-3-10-26-51)62-38-20-34-58(48-62)52-27-11-4-12-28-52/h1-48H. The molecular formula is C68H48N2Si. The van der Waals surface area contributed by atoms with Crippen LogP contribution in [0.4, 0.5) is 22.7 Å². The largest absolute Gasteiger partial charge is 0.343 e. The van der Waals surface area contributed by atoms with E-state index in [1.54, 1.807) is 0 Å². The molecule has 0 atom stereocenters. The normalized spacial score (nSPS) is 12.8. The first-order valence-corrected chi connectivity index (χ1v) is 26.4. The van der Waals surface area contributed by atoms with E-state index in [2.05, 4.69) is 300 Å². The van der Waals surface area contributed by atoms with E-state index in [1.807, 2.05) is 0 Å². The van der Waals surface area contributed by atoms with Crippen LogP contribution < -0.4 is 19.5 Å². The van der Waals surface area contributed by atoms with Crippen LogP contribution in [0, 0.1) is 0 Å². The highest BCUT2D eigenvalue weighted by Crippen LogP contribution is 2.55. The Morgan fingerprint density at radius 1 is 0.225 bits per heavy atom. The maximum Gasteiger partial charge on any atom is 0.340 e. The van der Waals surface area contributed by atoms with Crippen LogP contribution in [0.15, 0.2) is 291 Å². The van der Waals surface area contributed by atoms with E-state index in [1.165, 1.54) is 76.4 Å². The summed E-state index contributed by atoms with van der Waals surface area (Å²) < 4.78 is 5.64. The lowest BCUT2D eigenvalue weighted by Crippen LogP contribution is -2.78. The highest BCUT2D eigenvalue weighted by molar-refractivity contribution is 7.09. The van der Waals surface area contributed by atoms with Gasteiger partial charge in [0.05, 0.1) is 0 Å². The highest BCUT2D eigenvalue weighted by Gasteiger charge is 2.55. The molecule has 12 aromatic carbocycles. The monoisotopic (exact) mass is 920 g/mol. The number of fused-ring (bicyclic) bond motifs is 7. The van der Waals surface area contributed by atoms with E-state index in [0.29, 0.717) is 0 Å². The second kappa shape index (κ2) is 17.8. The Hall–Kier alpha value is -9.02. The van der Waals surface area contributed by atoms with Crippen LogP contribution in [0.1, 0.15) is 0 Å². The van der Waals surface area contributed by atoms with Crippen LogP contribution >= 0.6 is 0 Å². The molecule has 0 bridgehead atoms. The average molecular weight is 921 g/mol. The molecule has 0 aliphatic carbocycles. The highest BCUT2D eigenvalue weighted by atomic mass is 28.3. The Morgan fingerprint density at radius 2 is 0.535 bits per heavy atom. The number of hydrogen-bond acceptors (Lipinski definition) is 2. The van der Waals surface area contributed by atoms with Crippen molar-refractivity contribution in [3.8, 4) is 55.6 Å². The molecule has 2 nitrogen and oxygen atoms in total. The topological polar surface area (TPSA) is 6.48 Å². The summed E-state index contributed by atoms with van der Waals surface area (Å²) in [7, 11) is -3.81. The lowest BCUT2D eigenvalue weighted by Gasteiger charge is -2.50. The first kappa shape index (κ1) is 42.1. The molecule has 0 aromatic heterocycles. The summed E-state index contributed by atoms with van der Waals surface area (Å²) in [5, 5.41) is 7.33. The minimum absolute atomic E-state index is 1.12. The van der Waals surface area contributed by atoms with E-state index in [9.17, 15) is 0 Å². The zero-order valence-electron chi connectivity index (χ0n) is 39.1. The van der Waals surface area contributed by atoms with E-state index < -0.39 is 8.40 Å². The van der Waals surface area contributed by atoms with Crippen LogP contribution in [-0.4, -0.2) is 8.40 Å². The third kappa shape index (κ3) is 7.26. The van der Waals surface area contributed by atoms with Crippen LogP contribution in [-0.2, 0) is 0 Å². The smallest absolute Gasteiger partial charge is 0.340 e. The summed E-state index contributed by atoms with van der Waals surface area (Å²) in [5.74, 6) is 0. The molecular weight excluding hydrogens is 873 g/mol. The molecule has 71 heavy (non-hydrogen) atoms. The number of rotatable bonds is 8. The third-order valence-corrected chi connectivity index (χ3v) is 18.9. The minimum Gasteiger partial charge on any atom is -0.343 e. The molecule has 1 aliphatic heterocycles. The predicted octanol–water partition coefficient (Wildman–Crippen LogP) is 16.9. The first-order valence-electron chi connectivity index (χ1n) is 24.5. The predicted molar refractivity (Wildman–Crippen MR) is 304 cm³/mol. The van der Waals surface area contributed by atoms with E-state index in [0.717, 1.165) is 33.9 Å². The fraction of sp³-hybridized carbons (Fsp3) is 0. The van der Waals surface area contributed by atoms with Crippen LogP contribution in [0.25, 0.3) is 77.2 Å². The molecule has 0 amide bonds. The van der Waals surface area contributed by atoms with E-state index in [-0.39, 0.29) is 0 Å². The van der Waals surface area contributed by atoms with Gasteiger partial charge in [-0.3, -0.25) is 0 Å². The minimum atomic E-state index is -3.81. The molecule has 13 rings (SSSR count). The molecule has 3 heteroatoms. The third-order valence-electron chi connectivity index (χ3n) is 14.4. The summed E-state index contributed by atoms with van der Waals surface area (Å²) in [5.41, 5.74) is 16.4. The Bertz CT molecular complexity index is 3630. The lowest BCUT2D eigenvalue weighted by molar-refractivity contribution is 1.28. The van der Waals surface area contributed by atoms with Crippen molar-refractivity contribution in [2.24, 2.45) is 0 Å². The second-order valence-electron chi connectivity index (χ2n) is 18.4. The van der Waals surface area contributed by atoms with Crippen LogP contribution in [0.5, 0.6) is 0 Å². The van der Waals surface area contributed by atoms with Gasteiger partial charge in [-0.25, -0.2) is 0 Å². The summed E-state index contributed by atoms with van der Waals surface area (Å²) in [4.78, 5) is 0. The Balaban J connectivity index is 1.28. The van der Waals surface area contributed by atoms with Gasteiger partial charge < -0.3 is 9.13 Å². The molecule has 0 radical (unpaired) electrons. The Morgan fingerprint density at radius 3 is 0.915 bits per heavy atom. The fourth-order valence-corrected chi connectivity index (χ4v) is 16.2. The van der Waals surface area contributed by atoms with Gasteiger partial charge in [0.2, 0.25) is 0 Å². The molecule has 1 aliphatic rings. The zero-order valence-corrected chi connectivity index (χ0v) is 40.1. The molecule has 334 valence electrons. The number of anilines is 4. The maximum atomic E-state index is 2.82. The molecule has 0 spiro atoms. The van der Waals surface area contributed by atoms with Gasteiger partial charge >= 0.3 is 8.40 Å². The molecule has 0 saturated heterocycles. The van der Waals surface area contributed by atoms with Gasteiger partial charge in [0, 0.05) is 33.9 Å². The van der Waals surface area contributed by atoms with E-state index >= 15 is 0 Å². The molecule has 0 saturated carbocycles. The van der Waals surface area contributed by atoms with Gasteiger partial charge in [0.15, 0.2) is 0 Å². The quantitative estimate of drug-likeness (QED) is 0.140. The molecule has 1 heterocycles. The van der Waals surface area contributed by atoms with Crippen molar-refractivity contribution in [1.82, 2.24) is 0 Å². The summed E-state index contributed by atoms with van der Waals surface area (Å²) >= 11 is 0. The van der Waals surface area contributed by atoms with Gasteiger partial charge in [0.25, 0.3) is 0 Å². The maximum absolute atomic E-state index is 3.81. The van der Waals surface area contributed by atoms with Gasteiger partial charge in [-0.1, -0.05) is 255 Å². The molecule has 0 N–H and O–H groups in total. The van der Waals surface area contributed by atoms with Crippen LogP contribution in [0.3, 0.4) is 0 Å². The van der Waals surface area contributed by atoms with Crippen molar-refractivity contribution in [1.29, 1.82) is 0 Å². The van der Waals surface area contributed by atoms with Gasteiger partial charge in [0.1, 0.15) is 0 Å². The van der Waals surface area contributed by atoms with Crippen molar-refractivity contribution in [3.63, 3.8) is 0 Å². The van der Waals surface area contributed by atoms with Crippen LogP contribution in [0.2, 0.25) is 0 Å². The van der Waals surface area contributed by atoms with Crippen molar-refractivity contribution < 1.29 is 0 Å². The first-order chi connectivity index (χ1) is 35.2. The van der Waals surface area contributed by atoms with Crippen molar-refractivity contribution in [3.05, 3.63) is 291 Å². The van der Waals surface area contributed by atoms with Crippen molar-refractivity contribution >= 4 is 63.1 Å². The zero-order chi connectivity index (χ0) is 47.1. The number of hydrogen-bond donors (Lipinski definition) is 0. The van der Waals surface area contributed by atoms with Crippen molar-refractivity contribution in [2.75, 3.05) is 9.13 Å². The number of nitrogens with zero attached hydrogens (tertiary/aromatic N) is 2. The summed E-state index contributed by atoms with van der Waals surface area (Å²) in [6.07, 6.45) is 0. The van der Waals surface area contributed by atoms with Gasteiger partial charge in [-0.05, 0) is 113 Å². The Labute approximate surface area is 416 Å². The molecule has 0 unspecified atom stereocenters. The Kier molecular flexibility index (Phi) is 10.6. The number of benzene rings is 12. The van der Waals surface area contributed by atoms with Crippen molar-refractivity contribution in [2.45, 2.75) is 0 Å². The SMILES string of the molecule is c1ccc(-c2cccc(N3c4ccc5ccccc5c4-c4c(ccc5ccccc45)N(c4cccc(-c5ccccc5)c4)[Si]3(c3cccc(-c4ccccc4)c3)c3cccc(-c4ccccc4)c3)c2)cc1. The summed E-state index contributed by atoms with van der Waals surface area (Å²) in [6.45, 7) is 0. The second-order valence-corrected chi connectivity index (χ2v) is 21.8. The molecule has 12 aromatic rings. The van der Waals surface area contributed by atoms with Gasteiger partial charge in [-0.2, -0.15) is 0 Å². The summed E-state index contributed by atoms with van der Waals surface area (Å²) in [6, 6.07) is 109. The molecule has 0 fully saturated rings.